The van der Waals surface area contributed by atoms with Crippen LogP contribution in [0.25, 0.3) is 0 Å². The number of benzene rings is 2. The van der Waals surface area contributed by atoms with Gasteiger partial charge >= 0.3 is 0 Å². The molecule has 0 aromatic heterocycles. The molecule has 4 rings (SSSR count). The molecule has 0 spiro atoms. The summed E-state index contributed by atoms with van der Waals surface area (Å²) in [4.78, 5) is 0. The number of anilines is 1. The van der Waals surface area contributed by atoms with Gasteiger partial charge in [0, 0.05) is 28.8 Å². The number of halogens is 1. The molecular weight excluding hydrogens is 282 g/mol. The zero-order valence-corrected chi connectivity index (χ0v) is 12.5. The number of hydrogen-bond donors (Lipinski definition) is 1. The van der Waals surface area contributed by atoms with Gasteiger partial charge in [0.1, 0.15) is 0 Å². The van der Waals surface area contributed by atoms with Crippen LogP contribution in [0.1, 0.15) is 36.1 Å². The van der Waals surface area contributed by atoms with Crippen LogP contribution in [0.4, 0.5) is 5.69 Å². The minimum absolute atomic E-state index is 0.152. The lowest BCUT2D eigenvalue weighted by Crippen LogP contribution is -2.35. The van der Waals surface area contributed by atoms with Crippen LogP contribution in [0, 0.1) is 5.92 Å². The molecular formula is C18H18ClNO. The van der Waals surface area contributed by atoms with Crippen molar-refractivity contribution in [2.24, 2.45) is 5.92 Å². The molecule has 3 atom stereocenters. The molecule has 0 unspecified atom stereocenters. The third-order valence-corrected chi connectivity index (χ3v) is 4.82. The predicted molar refractivity (Wildman–Crippen MR) is 85.7 cm³/mol. The number of rotatable bonds is 1. The van der Waals surface area contributed by atoms with Crippen molar-refractivity contribution in [3.63, 3.8) is 0 Å². The Morgan fingerprint density at radius 2 is 1.95 bits per heavy atom. The van der Waals surface area contributed by atoms with Crippen LogP contribution >= 0.6 is 11.6 Å². The fourth-order valence-corrected chi connectivity index (χ4v) is 3.81. The van der Waals surface area contributed by atoms with E-state index < -0.39 is 0 Å². The Hall–Kier alpha value is -1.51. The molecule has 21 heavy (non-hydrogen) atoms. The highest BCUT2D eigenvalue weighted by atomic mass is 35.5. The Morgan fingerprint density at radius 3 is 2.81 bits per heavy atom. The molecule has 0 saturated carbocycles. The van der Waals surface area contributed by atoms with E-state index in [0.717, 1.165) is 23.7 Å². The van der Waals surface area contributed by atoms with Gasteiger partial charge in [0.25, 0.3) is 0 Å². The number of fused-ring (bicyclic) bond motifs is 3. The second-order valence-corrected chi connectivity index (χ2v) is 6.30. The second-order valence-electron chi connectivity index (χ2n) is 5.86. The van der Waals surface area contributed by atoms with Crippen LogP contribution in [-0.2, 0) is 4.74 Å². The molecule has 1 N–H and O–H groups in total. The first kappa shape index (κ1) is 13.2. The van der Waals surface area contributed by atoms with E-state index in [1.54, 1.807) is 0 Å². The summed E-state index contributed by atoms with van der Waals surface area (Å²) in [5, 5.41) is 4.48. The summed E-state index contributed by atoms with van der Waals surface area (Å²) in [6, 6.07) is 17.0. The van der Waals surface area contributed by atoms with Gasteiger partial charge in [0.05, 0.1) is 12.1 Å². The van der Waals surface area contributed by atoms with Crippen molar-refractivity contribution in [3.8, 4) is 0 Å². The maximum absolute atomic E-state index is 6.18. The molecule has 108 valence electrons. The van der Waals surface area contributed by atoms with Gasteiger partial charge in [-0.3, -0.25) is 0 Å². The summed E-state index contributed by atoms with van der Waals surface area (Å²) in [7, 11) is 0. The summed E-state index contributed by atoms with van der Waals surface area (Å²) >= 11 is 6.18. The van der Waals surface area contributed by atoms with Crippen LogP contribution < -0.4 is 5.32 Å². The molecule has 2 aromatic rings. The average Bonchev–Trinajstić information content (AvgIpc) is 2.55. The topological polar surface area (TPSA) is 21.3 Å². The molecule has 2 aromatic carbocycles. The molecule has 0 bridgehead atoms. The van der Waals surface area contributed by atoms with Gasteiger partial charge in [0.2, 0.25) is 0 Å². The minimum Gasteiger partial charge on any atom is -0.378 e. The number of ether oxygens (including phenoxy) is 1. The van der Waals surface area contributed by atoms with Crippen LogP contribution in [0.3, 0.4) is 0 Å². The second kappa shape index (κ2) is 5.36. The number of nitrogens with one attached hydrogen (secondary N) is 1. The largest absolute Gasteiger partial charge is 0.378 e. The molecule has 0 amide bonds. The minimum atomic E-state index is 0.152. The first-order valence-electron chi connectivity index (χ1n) is 7.55. The van der Waals surface area contributed by atoms with Gasteiger partial charge in [-0.1, -0.05) is 41.9 Å². The van der Waals surface area contributed by atoms with E-state index in [0.29, 0.717) is 12.0 Å². The van der Waals surface area contributed by atoms with Crippen molar-refractivity contribution in [3.05, 3.63) is 64.7 Å². The molecule has 2 heterocycles. The smallest absolute Gasteiger partial charge is 0.0896 e. The van der Waals surface area contributed by atoms with Gasteiger partial charge in [-0.2, -0.15) is 0 Å². The monoisotopic (exact) mass is 299 g/mol. The maximum atomic E-state index is 6.18. The van der Waals surface area contributed by atoms with Crippen molar-refractivity contribution >= 4 is 17.3 Å². The standard InChI is InChI=1S/C18H18ClNO/c19-13-8-9-16-15(11-13)18-14(7-4-10-21-18)17(20-16)12-5-2-1-3-6-12/h1-3,5-6,8-9,11,14,17-18,20H,4,7,10H2/t14-,17+,18+/m0/s1. The highest BCUT2D eigenvalue weighted by Gasteiger charge is 2.39. The molecule has 0 radical (unpaired) electrons. The van der Waals surface area contributed by atoms with E-state index in [4.69, 9.17) is 16.3 Å². The van der Waals surface area contributed by atoms with Crippen molar-refractivity contribution in [1.82, 2.24) is 0 Å². The van der Waals surface area contributed by atoms with E-state index in [1.807, 2.05) is 12.1 Å². The lowest BCUT2D eigenvalue weighted by molar-refractivity contribution is -0.0381. The van der Waals surface area contributed by atoms with E-state index in [1.165, 1.54) is 17.5 Å². The van der Waals surface area contributed by atoms with Crippen LogP contribution in [-0.4, -0.2) is 6.61 Å². The lowest BCUT2D eigenvalue weighted by Gasteiger charge is -2.43. The van der Waals surface area contributed by atoms with Crippen molar-refractivity contribution in [1.29, 1.82) is 0 Å². The van der Waals surface area contributed by atoms with E-state index in [-0.39, 0.29) is 6.10 Å². The Labute approximate surface area is 130 Å². The Bertz CT molecular complexity index is 643. The van der Waals surface area contributed by atoms with Gasteiger partial charge < -0.3 is 10.1 Å². The molecule has 1 fully saturated rings. The van der Waals surface area contributed by atoms with E-state index in [2.05, 4.69) is 41.7 Å². The highest BCUT2D eigenvalue weighted by Crippen LogP contribution is 2.49. The molecule has 2 aliphatic heterocycles. The zero-order valence-electron chi connectivity index (χ0n) is 11.8. The van der Waals surface area contributed by atoms with E-state index in [9.17, 15) is 0 Å². The fourth-order valence-electron chi connectivity index (χ4n) is 3.63. The first-order chi connectivity index (χ1) is 10.3. The normalized spacial score (nSPS) is 27.4. The Kier molecular flexibility index (Phi) is 3.36. The van der Waals surface area contributed by atoms with Crippen LogP contribution in [0.5, 0.6) is 0 Å². The first-order valence-corrected chi connectivity index (χ1v) is 7.93. The highest BCUT2D eigenvalue weighted by molar-refractivity contribution is 6.30. The Morgan fingerprint density at radius 1 is 1.10 bits per heavy atom. The quantitative estimate of drug-likeness (QED) is 0.802. The third-order valence-electron chi connectivity index (χ3n) is 4.59. The third kappa shape index (κ3) is 2.33. The summed E-state index contributed by atoms with van der Waals surface area (Å²) in [5.74, 6) is 0.465. The molecule has 2 aliphatic rings. The number of hydrogen-bond acceptors (Lipinski definition) is 2. The summed E-state index contributed by atoms with van der Waals surface area (Å²) < 4.78 is 6.12. The summed E-state index contributed by atoms with van der Waals surface area (Å²) in [6.45, 7) is 0.842. The van der Waals surface area contributed by atoms with Gasteiger partial charge in [-0.05, 0) is 36.6 Å². The lowest BCUT2D eigenvalue weighted by atomic mass is 9.77. The summed E-state index contributed by atoms with van der Waals surface area (Å²) in [5.41, 5.74) is 3.69. The van der Waals surface area contributed by atoms with Gasteiger partial charge in [0.15, 0.2) is 0 Å². The van der Waals surface area contributed by atoms with E-state index >= 15 is 0 Å². The molecule has 0 aliphatic carbocycles. The maximum Gasteiger partial charge on any atom is 0.0896 e. The summed E-state index contributed by atoms with van der Waals surface area (Å²) in [6.07, 6.45) is 2.46. The van der Waals surface area contributed by atoms with Crippen LogP contribution in [0.2, 0.25) is 5.02 Å². The Balaban J connectivity index is 1.79. The van der Waals surface area contributed by atoms with Crippen molar-refractivity contribution < 1.29 is 4.74 Å². The fraction of sp³-hybridized carbons (Fsp3) is 0.333. The van der Waals surface area contributed by atoms with Crippen molar-refractivity contribution in [2.45, 2.75) is 25.0 Å². The average molecular weight is 300 g/mol. The molecule has 3 heteroatoms. The molecule has 1 saturated heterocycles. The SMILES string of the molecule is Clc1ccc2c(c1)[C@@H]1OCCC[C@H]1[C@@H](c1ccccc1)N2. The predicted octanol–water partition coefficient (Wildman–Crippen LogP) is 4.97. The van der Waals surface area contributed by atoms with Crippen molar-refractivity contribution in [2.75, 3.05) is 11.9 Å². The zero-order chi connectivity index (χ0) is 14.2. The molecule has 2 nitrogen and oxygen atoms in total. The van der Waals surface area contributed by atoms with Crippen LogP contribution in [0.15, 0.2) is 48.5 Å². The van der Waals surface area contributed by atoms with Gasteiger partial charge in [-0.25, -0.2) is 0 Å². The van der Waals surface area contributed by atoms with Gasteiger partial charge in [-0.15, -0.1) is 0 Å².